The number of carbonyl (C=O) groups excluding carboxylic acids is 1. The van der Waals surface area contributed by atoms with E-state index in [-0.39, 0.29) is 16.5 Å². The summed E-state index contributed by atoms with van der Waals surface area (Å²) in [6, 6.07) is 12.2. The van der Waals surface area contributed by atoms with E-state index >= 15 is 0 Å². The maximum atomic E-state index is 12.3. The van der Waals surface area contributed by atoms with Gasteiger partial charge in [-0.2, -0.15) is 0 Å². The second kappa shape index (κ2) is 8.83. The Labute approximate surface area is 160 Å². The Bertz CT molecular complexity index is 933. The zero-order chi connectivity index (χ0) is 20.0. The van der Waals surface area contributed by atoms with Crippen LogP contribution in [0.3, 0.4) is 0 Å². The molecule has 0 aromatic heterocycles. The highest BCUT2D eigenvalue weighted by Gasteiger charge is 2.19. The lowest BCUT2D eigenvalue weighted by molar-refractivity contribution is -0.111. The summed E-state index contributed by atoms with van der Waals surface area (Å²) in [5, 5.41) is 2.67. The Hall–Kier alpha value is -2.64. The van der Waals surface area contributed by atoms with Crippen LogP contribution in [-0.2, 0) is 21.2 Å². The van der Waals surface area contributed by atoms with E-state index in [4.69, 9.17) is 4.74 Å². The minimum Gasteiger partial charge on any atom is -0.495 e. The fourth-order valence-corrected chi connectivity index (χ4v) is 3.30. The zero-order valence-corrected chi connectivity index (χ0v) is 16.7. The molecular weight excluding hydrogens is 364 g/mol. The number of ether oxygens (including phenoxy) is 1. The fourth-order valence-electron chi connectivity index (χ4n) is 2.37. The summed E-state index contributed by atoms with van der Waals surface area (Å²) in [7, 11) is 0.739. The van der Waals surface area contributed by atoms with Gasteiger partial charge < -0.3 is 10.1 Å². The first-order chi connectivity index (χ1) is 12.8. The largest absolute Gasteiger partial charge is 0.495 e. The van der Waals surface area contributed by atoms with Gasteiger partial charge in [-0.15, -0.1) is 0 Å². The van der Waals surface area contributed by atoms with Crippen LogP contribution in [-0.4, -0.2) is 39.8 Å². The Balaban J connectivity index is 2.21. The molecule has 2 rings (SSSR count). The van der Waals surface area contributed by atoms with Crippen molar-refractivity contribution in [3.63, 3.8) is 0 Å². The van der Waals surface area contributed by atoms with Gasteiger partial charge >= 0.3 is 0 Å². The monoisotopic (exact) mass is 388 g/mol. The number of nitrogens with zero attached hydrogens (tertiary/aromatic N) is 1. The Kier molecular flexibility index (Phi) is 6.76. The number of benzene rings is 2. The van der Waals surface area contributed by atoms with E-state index in [9.17, 15) is 13.2 Å². The molecule has 0 saturated heterocycles. The smallest absolute Gasteiger partial charge is 0.248 e. The molecule has 0 saturated carbocycles. The number of anilines is 1. The van der Waals surface area contributed by atoms with Crippen LogP contribution in [0.2, 0.25) is 0 Å². The molecule has 7 heteroatoms. The van der Waals surface area contributed by atoms with E-state index in [2.05, 4.69) is 12.2 Å². The SMILES string of the molecule is CCc1ccc(/C=C/C(=O)Nc2cc(S(=O)(=O)N(C)C)ccc2OC)cc1. The number of amides is 1. The highest BCUT2D eigenvalue weighted by molar-refractivity contribution is 7.89. The molecule has 2 aromatic carbocycles. The number of hydrogen-bond acceptors (Lipinski definition) is 4. The molecule has 1 amide bonds. The van der Waals surface area contributed by atoms with Gasteiger partial charge in [0.1, 0.15) is 5.75 Å². The maximum absolute atomic E-state index is 12.3. The Morgan fingerprint density at radius 3 is 2.37 bits per heavy atom. The summed E-state index contributed by atoms with van der Waals surface area (Å²) in [5.74, 6) is -0.00553. The van der Waals surface area contributed by atoms with Crippen LogP contribution in [0.1, 0.15) is 18.1 Å². The van der Waals surface area contributed by atoms with Crippen molar-refractivity contribution < 1.29 is 17.9 Å². The van der Waals surface area contributed by atoms with E-state index in [0.717, 1.165) is 16.3 Å². The second-order valence-corrected chi connectivity index (χ2v) is 8.22. The van der Waals surface area contributed by atoms with Gasteiger partial charge in [-0.1, -0.05) is 31.2 Å². The molecule has 0 atom stereocenters. The van der Waals surface area contributed by atoms with Gasteiger partial charge in [-0.25, -0.2) is 12.7 Å². The molecule has 0 aliphatic rings. The fraction of sp³-hybridized carbons (Fsp3) is 0.250. The number of hydrogen-bond donors (Lipinski definition) is 1. The molecule has 6 nitrogen and oxygen atoms in total. The van der Waals surface area contributed by atoms with Crippen molar-refractivity contribution in [1.29, 1.82) is 0 Å². The maximum Gasteiger partial charge on any atom is 0.248 e. The molecule has 0 aliphatic heterocycles. The average Bonchev–Trinajstić information content (AvgIpc) is 2.66. The summed E-state index contributed by atoms with van der Waals surface area (Å²) in [4.78, 5) is 12.3. The molecule has 0 spiro atoms. The number of aryl methyl sites for hydroxylation is 1. The third-order valence-electron chi connectivity index (χ3n) is 4.02. The minimum atomic E-state index is -3.61. The summed E-state index contributed by atoms with van der Waals surface area (Å²) >= 11 is 0. The highest BCUT2D eigenvalue weighted by Crippen LogP contribution is 2.28. The quantitative estimate of drug-likeness (QED) is 0.739. The molecule has 27 heavy (non-hydrogen) atoms. The van der Waals surface area contributed by atoms with Crippen molar-refractivity contribution in [2.24, 2.45) is 0 Å². The summed E-state index contributed by atoms with van der Waals surface area (Å²) < 4.78 is 30.9. The van der Waals surface area contributed by atoms with E-state index in [1.807, 2.05) is 24.3 Å². The van der Waals surface area contributed by atoms with Gasteiger partial charge in [0.2, 0.25) is 15.9 Å². The van der Waals surface area contributed by atoms with E-state index in [1.54, 1.807) is 6.08 Å². The lowest BCUT2D eigenvalue weighted by atomic mass is 10.1. The minimum absolute atomic E-state index is 0.0720. The van der Waals surface area contributed by atoms with Gasteiger partial charge in [0, 0.05) is 20.2 Å². The zero-order valence-electron chi connectivity index (χ0n) is 15.9. The van der Waals surface area contributed by atoms with Crippen molar-refractivity contribution in [3.05, 3.63) is 59.7 Å². The molecule has 0 aliphatic carbocycles. The van der Waals surface area contributed by atoms with E-state index in [0.29, 0.717) is 5.75 Å². The van der Waals surface area contributed by atoms with Crippen LogP contribution < -0.4 is 10.1 Å². The van der Waals surface area contributed by atoms with Crippen LogP contribution in [0.4, 0.5) is 5.69 Å². The first-order valence-electron chi connectivity index (χ1n) is 8.46. The Morgan fingerprint density at radius 1 is 1.15 bits per heavy atom. The van der Waals surface area contributed by atoms with Crippen molar-refractivity contribution in [2.75, 3.05) is 26.5 Å². The molecule has 2 aromatic rings. The van der Waals surface area contributed by atoms with Crippen LogP contribution in [0, 0.1) is 0 Å². The molecule has 1 N–H and O–H groups in total. The summed E-state index contributed by atoms with van der Waals surface area (Å²) in [5.41, 5.74) is 2.41. The van der Waals surface area contributed by atoms with E-state index < -0.39 is 10.0 Å². The first-order valence-corrected chi connectivity index (χ1v) is 9.90. The first kappa shape index (κ1) is 20.7. The second-order valence-electron chi connectivity index (χ2n) is 6.07. The average molecular weight is 388 g/mol. The normalized spacial score (nSPS) is 11.7. The topological polar surface area (TPSA) is 75.7 Å². The van der Waals surface area contributed by atoms with Crippen molar-refractivity contribution >= 4 is 27.7 Å². The predicted molar refractivity (Wildman–Crippen MR) is 107 cm³/mol. The van der Waals surface area contributed by atoms with Crippen molar-refractivity contribution in [1.82, 2.24) is 4.31 Å². The van der Waals surface area contributed by atoms with Crippen LogP contribution in [0.25, 0.3) is 6.08 Å². The number of nitrogens with one attached hydrogen (secondary N) is 1. The summed E-state index contributed by atoms with van der Waals surface area (Å²) in [6.45, 7) is 2.08. The van der Waals surface area contributed by atoms with Crippen LogP contribution in [0.15, 0.2) is 53.4 Å². The number of methoxy groups -OCH3 is 1. The number of sulfonamides is 1. The third-order valence-corrected chi connectivity index (χ3v) is 5.83. The van der Waals surface area contributed by atoms with Crippen LogP contribution >= 0.6 is 0 Å². The molecule has 0 fully saturated rings. The lowest BCUT2D eigenvalue weighted by Gasteiger charge is -2.14. The molecule has 0 unspecified atom stereocenters. The molecule has 144 valence electrons. The molecule has 0 bridgehead atoms. The third kappa shape index (κ3) is 5.18. The predicted octanol–water partition coefficient (Wildman–Crippen LogP) is 3.16. The van der Waals surface area contributed by atoms with Crippen molar-refractivity contribution in [2.45, 2.75) is 18.2 Å². The van der Waals surface area contributed by atoms with Gasteiger partial charge in [-0.05, 0) is 41.8 Å². The number of carbonyl (C=O) groups is 1. The van der Waals surface area contributed by atoms with Gasteiger partial charge in [0.05, 0.1) is 17.7 Å². The summed E-state index contributed by atoms with van der Waals surface area (Å²) in [6.07, 6.45) is 4.05. The van der Waals surface area contributed by atoms with Crippen LogP contribution in [0.5, 0.6) is 5.75 Å². The van der Waals surface area contributed by atoms with Gasteiger partial charge in [0.25, 0.3) is 0 Å². The Morgan fingerprint density at radius 2 is 1.81 bits per heavy atom. The van der Waals surface area contributed by atoms with Crippen molar-refractivity contribution in [3.8, 4) is 5.75 Å². The standard InChI is InChI=1S/C20H24N2O4S/c1-5-15-6-8-16(9-7-15)10-13-20(23)21-18-14-17(11-12-19(18)26-4)27(24,25)22(2)3/h6-14H,5H2,1-4H3,(H,21,23)/b13-10+. The molecule has 0 heterocycles. The lowest BCUT2D eigenvalue weighted by Crippen LogP contribution is -2.22. The molecule has 0 radical (unpaired) electrons. The van der Waals surface area contributed by atoms with Gasteiger partial charge in [0.15, 0.2) is 0 Å². The highest BCUT2D eigenvalue weighted by atomic mass is 32.2. The molecular formula is C20H24N2O4S. The van der Waals surface area contributed by atoms with E-state index in [1.165, 1.54) is 51.0 Å². The number of rotatable bonds is 7. The van der Waals surface area contributed by atoms with Gasteiger partial charge in [-0.3, -0.25) is 4.79 Å².